The number of carbonyl (C=O) groups is 2. The molecule has 31 heavy (non-hydrogen) atoms. The Morgan fingerprint density at radius 3 is 2.68 bits per heavy atom. The second-order valence-electron chi connectivity index (χ2n) is 6.01. The fourth-order valence-corrected chi connectivity index (χ4v) is 3.34. The van der Waals surface area contributed by atoms with Gasteiger partial charge in [0.1, 0.15) is 10.3 Å². The first kappa shape index (κ1) is 22.0. The van der Waals surface area contributed by atoms with Crippen LogP contribution in [0.3, 0.4) is 0 Å². The van der Waals surface area contributed by atoms with Gasteiger partial charge in [-0.15, -0.1) is 0 Å². The Labute approximate surface area is 191 Å². The summed E-state index contributed by atoms with van der Waals surface area (Å²) in [4.78, 5) is 29.9. The Balaban J connectivity index is 2.10. The van der Waals surface area contributed by atoms with E-state index in [0.717, 1.165) is 0 Å². The number of nitriles is 1. The normalized spacial score (nSPS) is 10.1. The van der Waals surface area contributed by atoms with Gasteiger partial charge in [0.15, 0.2) is 5.82 Å². The lowest BCUT2D eigenvalue weighted by molar-refractivity contribution is 0.0971. The molecule has 0 saturated heterocycles. The Bertz CT molecular complexity index is 1260. The molecular formula is C21H14BrClN6O2. The van der Waals surface area contributed by atoms with Gasteiger partial charge in [-0.25, -0.2) is 9.67 Å². The van der Waals surface area contributed by atoms with E-state index in [0.29, 0.717) is 15.2 Å². The highest BCUT2D eigenvalue weighted by atomic mass is 79.9. The lowest BCUT2D eigenvalue weighted by Crippen LogP contribution is -2.23. The molecule has 10 heteroatoms. The summed E-state index contributed by atoms with van der Waals surface area (Å²) in [5.74, 6) is -0.873. The highest BCUT2D eigenvalue weighted by Crippen LogP contribution is 2.27. The molecule has 8 nitrogen and oxygen atoms in total. The van der Waals surface area contributed by atoms with Crippen molar-refractivity contribution in [3.05, 3.63) is 87.9 Å². The monoisotopic (exact) mass is 496 g/mol. The summed E-state index contributed by atoms with van der Waals surface area (Å²) in [6, 6.07) is 9.62. The second-order valence-corrected chi connectivity index (χ2v) is 7.23. The van der Waals surface area contributed by atoms with Crippen LogP contribution in [0.2, 0.25) is 5.02 Å². The van der Waals surface area contributed by atoms with E-state index in [1.165, 1.54) is 41.4 Å². The first-order chi connectivity index (χ1) is 14.9. The minimum Gasteiger partial charge on any atom is -0.329 e. The first-order valence-corrected chi connectivity index (χ1v) is 9.86. The largest absolute Gasteiger partial charge is 0.329 e. The number of hydrogen-bond acceptors (Lipinski definition) is 5. The van der Waals surface area contributed by atoms with Gasteiger partial charge in [-0.3, -0.25) is 9.59 Å². The maximum atomic E-state index is 13.2. The van der Waals surface area contributed by atoms with E-state index in [1.54, 1.807) is 12.1 Å². The van der Waals surface area contributed by atoms with Crippen molar-refractivity contribution in [1.82, 2.24) is 20.1 Å². The summed E-state index contributed by atoms with van der Waals surface area (Å²) in [6.07, 6.45) is 4.16. The van der Waals surface area contributed by atoms with Crippen LogP contribution in [0.1, 0.15) is 32.0 Å². The van der Waals surface area contributed by atoms with Crippen molar-refractivity contribution in [3.63, 3.8) is 0 Å². The van der Waals surface area contributed by atoms with Crippen LogP contribution in [0.25, 0.3) is 11.9 Å². The minimum atomic E-state index is -0.583. The van der Waals surface area contributed by atoms with Crippen molar-refractivity contribution in [2.45, 2.75) is 0 Å². The van der Waals surface area contributed by atoms with Crippen molar-refractivity contribution >= 4 is 51.1 Å². The average molecular weight is 498 g/mol. The third-order valence-electron chi connectivity index (χ3n) is 4.09. The fourth-order valence-electron chi connectivity index (χ4n) is 2.77. The molecule has 0 aliphatic carbocycles. The van der Waals surface area contributed by atoms with Gasteiger partial charge >= 0.3 is 0 Å². The van der Waals surface area contributed by atoms with Crippen LogP contribution in [0.15, 0.2) is 60.5 Å². The van der Waals surface area contributed by atoms with Gasteiger partial charge in [0, 0.05) is 12.3 Å². The standard InChI is InChI=1S/C21H14BrClN6O2/c1-3-13-8-12(11-24)9-14(20(30)25-4-2)18(13)27-21(31)16-10-17(22)28-29(16)19-15(23)6-5-7-26-19/h3-10H,1-2H2,(H,25,30)(H,27,31). The average Bonchev–Trinajstić information content (AvgIpc) is 3.15. The van der Waals surface area contributed by atoms with Crippen LogP contribution in [0.4, 0.5) is 5.69 Å². The van der Waals surface area contributed by atoms with Gasteiger partial charge in [-0.2, -0.15) is 10.4 Å². The van der Waals surface area contributed by atoms with E-state index >= 15 is 0 Å². The zero-order valence-corrected chi connectivity index (χ0v) is 18.2. The lowest BCUT2D eigenvalue weighted by atomic mass is 10.0. The molecule has 0 fully saturated rings. The predicted molar refractivity (Wildman–Crippen MR) is 121 cm³/mol. The number of anilines is 1. The number of nitrogens with zero attached hydrogens (tertiary/aromatic N) is 4. The molecule has 0 aliphatic rings. The molecule has 0 saturated carbocycles. The molecule has 0 spiro atoms. The number of aromatic nitrogens is 3. The van der Waals surface area contributed by atoms with Crippen LogP contribution in [-0.4, -0.2) is 26.6 Å². The van der Waals surface area contributed by atoms with Crippen LogP contribution in [0, 0.1) is 11.3 Å². The van der Waals surface area contributed by atoms with Crippen molar-refractivity contribution in [1.29, 1.82) is 5.26 Å². The summed E-state index contributed by atoms with van der Waals surface area (Å²) in [5.41, 5.74) is 0.984. The summed E-state index contributed by atoms with van der Waals surface area (Å²) in [7, 11) is 0. The smallest absolute Gasteiger partial charge is 0.274 e. The molecule has 2 N–H and O–H groups in total. The summed E-state index contributed by atoms with van der Waals surface area (Å²) >= 11 is 9.46. The zero-order valence-electron chi connectivity index (χ0n) is 15.9. The van der Waals surface area contributed by atoms with Gasteiger partial charge in [0.25, 0.3) is 11.8 Å². The van der Waals surface area contributed by atoms with Crippen LogP contribution < -0.4 is 10.6 Å². The summed E-state index contributed by atoms with van der Waals surface area (Å²) < 4.78 is 1.66. The molecule has 0 unspecified atom stereocenters. The first-order valence-electron chi connectivity index (χ1n) is 8.69. The predicted octanol–water partition coefficient (Wildman–Crippen LogP) is 4.32. The van der Waals surface area contributed by atoms with Gasteiger partial charge in [0.05, 0.1) is 27.9 Å². The fraction of sp³-hybridized carbons (Fsp3) is 0. The SMILES string of the molecule is C=CNC(=O)c1cc(C#N)cc(C=C)c1NC(=O)c1cc(Br)nn1-c1ncccc1Cl. The van der Waals surface area contributed by atoms with Crippen LogP contribution in [0.5, 0.6) is 0 Å². The molecule has 154 valence electrons. The quantitative estimate of drug-likeness (QED) is 0.526. The van der Waals surface area contributed by atoms with E-state index < -0.39 is 11.8 Å². The molecule has 0 radical (unpaired) electrons. The zero-order chi connectivity index (χ0) is 22.5. The Morgan fingerprint density at radius 1 is 1.26 bits per heavy atom. The number of hydrogen-bond donors (Lipinski definition) is 2. The van der Waals surface area contributed by atoms with Crippen LogP contribution >= 0.6 is 27.5 Å². The third kappa shape index (κ3) is 4.55. The van der Waals surface area contributed by atoms with Gasteiger partial charge in [0.2, 0.25) is 0 Å². The molecule has 3 rings (SSSR count). The number of benzene rings is 1. The van der Waals surface area contributed by atoms with E-state index in [2.05, 4.69) is 49.8 Å². The number of nitrogens with one attached hydrogen (secondary N) is 2. The van der Waals surface area contributed by atoms with Gasteiger partial charge in [-0.05, 0) is 52.0 Å². The van der Waals surface area contributed by atoms with Crippen molar-refractivity contribution < 1.29 is 9.59 Å². The topological polar surface area (TPSA) is 113 Å². The van der Waals surface area contributed by atoms with E-state index in [9.17, 15) is 14.9 Å². The number of amides is 2. The number of rotatable bonds is 6. The number of halogens is 2. The second kappa shape index (κ2) is 9.38. The molecule has 2 heterocycles. The molecule has 0 atom stereocenters. The van der Waals surface area contributed by atoms with Gasteiger partial charge < -0.3 is 10.6 Å². The van der Waals surface area contributed by atoms with Crippen LogP contribution in [-0.2, 0) is 0 Å². The Kier molecular flexibility index (Phi) is 6.65. The molecule has 1 aromatic carbocycles. The van der Waals surface area contributed by atoms with E-state index in [-0.39, 0.29) is 28.3 Å². The molecular weight excluding hydrogens is 484 g/mol. The summed E-state index contributed by atoms with van der Waals surface area (Å²) in [6.45, 7) is 7.17. The maximum absolute atomic E-state index is 13.2. The Hall–Kier alpha value is -3.74. The lowest BCUT2D eigenvalue weighted by Gasteiger charge is -2.15. The minimum absolute atomic E-state index is 0.0724. The van der Waals surface area contributed by atoms with Crippen molar-refractivity contribution in [2.24, 2.45) is 0 Å². The van der Waals surface area contributed by atoms with E-state index in [4.69, 9.17) is 11.6 Å². The third-order valence-corrected chi connectivity index (χ3v) is 4.77. The Morgan fingerprint density at radius 2 is 2.03 bits per heavy atom. The molecule has 0 bridgehead atoms. The number of carbonyl (C=O) groups excluding carboxylic acids is 2. The summed E-state index contributed by atoms with van der Waals surface area (Å²) in [5, 5.41) is 19.0. The highest BCUT2D eigenvalue weighted by molar-refractivity contribution is 9.10. The molecule has 2 amide bonds. The number of pyridine rings is 1. The van der Waals surface area contributed by atoms with Gasteiger partial charge in [-0.1, -0.05) is 30.8 Å². The molecule has 0 aliphatic heterocycles. The highest BCUT2D eigenvalue weighted by Gasteiger charge is 2.22. The van der Waals surface area contributed by atoms with Crippen molar-refractivity contribution in [2.75, 3.05) is 5.32 Å². The maximum Gasteiger partial charge on any atom is 0.274 e. The van der Waals surface area contributed by atoms with E-state index in [1.807, 2.05) is 6.07 Å². The molecule has 2 aromatic heterocycles. The molecule has 3 aromatic rings. The van der Waals surface area contributed by atoms with Crippen molar-refractivity contribution in [3.8, 4) is 11.9 Å².